The summed E-state index contributed by atoms with van der Waals surface area (Å²) in [6, 6.07) is 9.00. The lowest BCUT2D eigenvalue weighted by Crippen LogP contribution is -2.29. The summed E-state index contributed by atoms with van der Waals surface area (Å²) < 4.78 is 4.84. The molecule has 1 rings (SSSR count). The van der Waals surface area contributed by atoms with E-state index in [2.05, 4.69) is 6.58 Å². The summed E-state index contributed by atoms with van der Waals surface area (Å²) in [7, 11) is 0. The fraction of sp³-hybridized carbons (Fsp3) is 0.231. The van der Waals surface area contributed by atoms with Gasteiger partial charge in [0, 0.05) is 12.0 Å². The first-order chi connectivity index (χ1) is 8.00. The van der Waals surface area contributed by atoms with Crippen LogP contribution in [-0.2, 0) is 20.7 Å². The number of carbonyl (C=O) groups excluding carboxylic acids is 1. The molecule has 1 atom stereocenters. The number of benzene rings is 1. The second-order valence-electron chi connectivity index (χ2n) is 3.70. The lowest BCUT2D eigenvalue weighted by molar-refractivity contribution is -0.161. The van der Waals surface area contributed by atoms with Gasteiger partial charge in [0.1, 0.15) is 0 Å². The number of esters is 1. The number of rotatable bonds is 5. The third-order valence-corrected chi connectivity index (χ3v) is 2.14. The van der Waals surface area contributed by atoms with Crippen molar-refractivity contribution in [2.24, 2.45) is 0 Å². The van der Waals surface area contributed by atoms with Crippen LogP contribution in [0.4, 0.5) is 0 Å². The van der Waals surface area contributed by atoms with E-state index in [1.165, 1.54) is 6.92 Å². The Hall–Kier alpha value is -2.10. The first kappa shape index (κ1) is 13.0. The average Bonchev–Trinajstić information content (AvgIpc) is 2.29. The SMILES string of the molecule is C=C(C)C(=O)OC(Cc1ccccc1)C(=O)O. The van der Waals surface area contributed by atoms with Gasteiger partial charge in [-0.2, -0.15) is 0 Å². The molecule has 0 aliphatic rings. The first-order valence-corrected chi connectivity index (χ1v) is 5.14. The number of carbonyl (C=O) groups is 2. The van der Waals surface area contributed by atoms with Crippen molar-refractivity contribution in [3.63, 3.8) is 0 Å². The Morgan fingerprint density at radius 2 is 1.94 bits per heavy atom. The maximum absolute atomic E-state index is 11.3. The second-order valence-corrected chi connectivity index (χ2v) is 3.70. The van der Waals surface area contributed by atoms with Gasteiger partial charge < -0.3 is 9.84 Å². The lowest BCUT2D eigenvalue weighted by Gasteiger charge is -2.13. The molecule has 0 aliphatic carbocycles. The van der Waals surface area contributed by atoms with E-state index < -0.39 is 18.0 Å². The van der Waals surface area contributed by atoms with Crippen molar-refractivity contribution in [2.75, 3.05) is 0 Å². The maximum atomic E-state index is 11.3. The molecule has 17 heavy (non-hydrogen) atoms. The predicted octanol–water partition coefficient (Wildman–Crippen LogP) is 1.80. The molecule has 0 aromatic heterocycles. The highest BCUT2D eigenvalue weighted by atomic mass is 16.6. The summed E-state index contributed by atoms with van der Waals surface area (Å²) >= 11 is 0. The van der Waals surface area contributed by atoms with Gasteiger partial charge in [0.25, 0.3) is 0 Å². The molecule has 0 spiro atoms. The van der Waals surface area contributed by atoms with Crippen molar-refractivity contribution in [1.29, 1.82) is 0 Å². The number of hydrogen-bond donors (Lipinski definition) is 1. The Bertz CT molecular complexity index is 422. The van der Waals surface area contributed by atoms with Crippen LogP contribution in [0.25, 0.3) is 0 Å². The molecule has 0 fully saturated rings. The molecular formula is C13H14O4. The van der Waals surface area contributed by atoms with E-state index in [1.807, 2.05) is 6.07 Å². The molecule has 4 nitrogen and oxygen atoms in total. The number of hydrogen-bond acceptors (Lipinski definition) is 3. The third-order valence-electron chi connectivity index (χ3n) is 2.14. The molecule has 0 saturated carbocycles. The fourth-order valence-electron chi connectivity index (χ4n) is 1.24. The predicted molar refractivity (Wildman–Crippen MR) is 62.5 cm³/mol. The highest BCUT2D eigenvalue weighted by molar-refractivity contribution is 5.89. The highest BCUT2D eigenvalue weighted by Gasteiger charge is 2.22. The Morgan fingerprint density at radius 1 is 1.35 bits per heavy atom. The van der Waals surface area contributed by atoms with E-state index in [0.29, 0.717) is 0 Å². The Morgan fingerprint density at radius 3 is 2.41 bits per heavy atom. The molecule has 0 amide bonds. The quantitative estimate of drug-likeness (QED) is 0.623. The normalized spacial score (nSPS) is 11.6. The van der Waals surface area contributed by atoms with E-state index in [9.17, 15) is 9.59 Å². The van der Waals surface area contributed by atoms with E-state index >= 15 is 0 Å². The van der Waals surface area contributed by atoms with Crippen molar-refractivity contribution in [3.05, 3.63) is 48.0 Å². The average molecular weight is 234 g/mol. The molecule has 0 radical (unpaired) electrons. The highest BCUT2D eigenvalue weighted by Crippen LogP contribution is 2.08. The number of carboxylic acid groups (broad SMARTS) is 1. The van der Waals surface area contributed by atoms with Gasteiger partial charge in [-0.15, -0.1) is 0 Å². The maximum Gasteiger partial charge on any atom is 0.345 e. The number of aliphatic carboxylic acids is 1. The van der Waals surface area contributed by atoms with Crippen LogP contribution in [0.5, 0.6) is 0 Å². The smallest absolute Gasteiger partial charge is 0.345 e. The van der Waals surface area contributed by atoms with Crippen molar-refractivity contribution < 1.29 is 19.4 Å². The zero-order valence-corrected chi connectivity index (χ0v) is 9.55. The van der Waals surface area contributed by atoms with Gasteiger partial charge in [0.15, 0.2) is 0 Å². The minimum absolute atomic E-state index is 0.148. The van der Waals surface area contributed by atoms with Crippen LogP contribution in [0, 0.1) is 0 Å². The summed E-state index contributed by atoms with van der Waals surface area (Å²) in [5.74, 6) is -1.85. The lowest BCUT2D eigenvalue weighted by atomic mass is 10.1. The Balaban J connectivity index is 2.71. The molecule has 0 saturated heterocycles. The van der Waals surface area contributed by atoms with Crippen LogP contribution in [0.1, 0.15) is 12.5 Å². The van der Waals surface area contributed by atoms with Crippen LogP contribution in [-0.4, -0.2) is 23.1 Å². The molecular weight excluding hydrogens is 220 g/mol. The molecule has 1 N–H and O–H groups in total. The van der Waals surface area contributed by atoms with Gasteiger partial charge in [0.05, 0.1) is 0 Å². The zero-order valence-electron chi connectivity index (χ0n) is 9.55. The monoisotopic (exact) mass is 234 g/mol. The zero-order chi connectivity index (χ0) is 12.8. The summed E-state index contributed by atoms with van der Waals surface area (Å²) in [6.45, 7) is 4.88. The molecule has 90 valence electrons. The first-order valence-electron chi connectivity index (χ1n) is 5.14. The van der Waals surface area contributed by atoms with Gasteiger partial charge in [-0.25, -0.2) is 9.59 Å². The van der Waals surface area contributed by atoms with Gasteiger partial charge in [-0.05, 0) is 12.5 Å². The fourth-order valence-corrected chi connectivity index (χ4v) is 1.24. The molecule has 0 heterocycles. The summed E-state index contributed by atoms with van der Waals surface area (Å²) in [6.07, 6.45) is -1.03. The van der Waals surface area contributed by atoms with Crippen LogP contribution >= 0.6 is 0 Å². The Labute approximate surface area is 99.5 Å². The van der Waals surface area contributed by atoms with E-state index in [-0.39, 0.29) is 12.0 Å². The number of ether oxygens (including phenoxy) is 1. The van der Waals surface area contributed by atoms with Crippen LogP contribution in [0.15, 0.2) is 42.5 Å². The van der Waals surface area contributed by atoms with Crippen molar-refractivity contribution >= 4 is 11.9 Å². The summed E-state index contributed by atoms with van der Waals surface area (Å²) in [5, 5.41) is 8.96. The van der Waals surface area contributed by atoms with Gasteiger partial charge in [0.2, 0.25) is 6.10 Å². The largest absolute Gasteiger partial charge is 0.478 e. The summed E-state index contributed by atoms with van der Waals surface area (Å²) in [4.78, 5) is 22.2. The van der Waals surface area contributed by atoms with Gasteiger partial charge in [-0.1, -0.05) is 36.9 Å². The second kappa shape index (κ2) is 5.84. The van der Waals surface area contributed by atoms with Gasteiger partial charge >= 0.3 is 11.9 Å². The van der Waals surface area contributed by atoms with Crippen molar-refractivity contribution in [1.82, 2.24) is 0 Å². The molecule has 4 heteroatoms. The van der Waals surface area contributed by atoms with Crippen molar-refractivity contribution in [2.45, 2.75) is 19.4 Å². The van der Waals surface area contributed by atoms with Crippen LogP contribution in [0.2, 0.25) is 0 Å². The standard InChI is InChI=1S/C13H14O4/c1-9(2)13(16)17-11(12(14)15)8-10-6-4-3-5-7-10/h3-7,11H,1,8H2,2H3,(H,14,15). The minimum atomic E-state index is -1.18. The summed E-state index contributed by atoms with van der Waals surface area (Å²) in [5.41, 5.74) is 0.985. The topological polar surface area (TPSA) is 63.6 Å². The van der Waals surface area contributed by atoms with E-state index in [4.69, 9.17) is 9.84 Å². The minimum Gasteiger partial charge on any atom is -0.478 e. The molecule has 0 bridgehead atoms. The number of carboxylic acids is 1. The molecule has 1 aromatic rings. The molecule has 1 unspecified atom stereocenters. The van der Waals surface area contributed by atoms with E-state index in [0.717, 1.165) is 5.56 Å². The van der Waals surface area contributed by atoms with Crippen LogP contribution in [0.3, 0.4) is 0 Å². The van der Waals surface area contributed by atoms with Crippen LogP contribution < -0.4 is 0 Å². The molecule has 1 aromatic carbocycles. The Kier molecular flexibility index (Phi) is 4.46. The third kappa shape index (κ3) is 4.10. The van der Waals surface area contributed by atoms with E-state index in [1.54, 1.807) is 24.3 Å². The molecule has 0 aliphatic heterocycles. The van der Waals surface area contributed by atoms with Gasteiger partial charge in [-0.3, -0.25) is 0 Å². The van der Waals surface area contributed by atoms with Crippen molar-refractivity contribution in [3.8, 4) is 0 Å².